The quantitative estimate of drug-likeness (QED) is 0.637. The summed E-state index contributed by atoms with van der Waals surface area (Å²) in [7, 11) is 0. The summed E-state index contributed by atoms with van der Waals surface area (Å²) < 4.78 is 21.6. The van der Waals surface area contributed by atoms with Gasteiger partial charge in [0.25, 0.3) is 5.91 Å². The normalized spacial score (nSPS) is 16.7. The molecule has 0 unspecified atom stereocenters. The van der Waals surface area contributed by atoms with Crippen LogP contribution in [0.25, 0.3) is 11.3 Å². The van der Waals surface area contributed by atoms with Gasteiger partial charge in [0.1, 0.15) is 22.8 Å². The standard InChI is InChI=1S/C20H20ClFN4O2/c1-3-26-16(9-10-23-26)15-8-5-11-25(15)20(27)17-12(2)28-24-19(17)18-13(21)6-4-7-14(18)22/h4,6-7,9-10,15H,3,5,8,11H2,1-2H3/t15-/m1/s1. The molecule has 1 aliphatic rings. The van der Waals surface area contributed by atoms with Crippen molar-refractivity contribution in [2.75, 3.05) is 6.54 Å². The lowest BCUT2D eigenvalue weighted by Crippen LogP contribution is -2.32. The monoisotopic (exact) mass is 402 g/mol. The number of aryl methyl sites for hydroxylation is 2. The smallest absolute Gasteiger partial charge is 0.260 e. The highest BCUT2D eigenvalue weighted by molar-refractivity contribution is 6.33. The minimum Gasteiger partial charge on any atom is -0.360 e. The van der Waals surface area contributed by atoms with Gasteiger partial charge in [-0.25, -0.2) is 4.39 Å². The molecule has 2 aromatic heterocycles. The fraction of sp³-hybridized carbons (Fsp3) is 0.350. The molecule has 28 heavy (non-hydrogen) atoms. The van der Waals surface area contributed by atoms with Crippen LogP contribution in [0.1, 0.15) is 47.6 Å². The van der Waals surface area contributed by atoms with Gasteiger partial charge in [-0.3, -0.25) is 9.48 Å². The van der Waals surface area contributed by atoms with Gasteiger partial charge in [-0.2, -0.15) is 5.10 Å². The van der Waals surface area contributed by atoms with Gasteiger partial charge in [0.05, 0.1) is 22.3 Å². The number of carbonyl (C=O) groups excluding carboxylic acids is 1. The number of halogens is 2. The second-order valence-corrected chi connectivity index (χ2v) is 7.19. The van der Waals surface area contributed by atoms with Gasteiger partial charge < -0.3 is 9.42 Å². The Balaban J connectivity index is 1.76. The Bertz CT molecular complexity index is 1010. The molecule has 0 radical (unpaired) electrons. The van der Waals surface area contributed by atoms with Crippen LogP contribution < -0.4 is 0 Å². The van der Waals surface area contributed by atoms with E-state index >= 15 is 0 Å². The fourth-order valence-electron chi connectivity index (χ4n) is 3.87. The average molecular weight is 403 g/mol. The molecule has 1 amide bonds. The SMILES string of the molecule is CCn1nccc1[C@H]1CCCN1C(=O)c1c(-c2c(F)cccc2Cl)noc1C. The van der Waals surface area contributed by atoms with E-state index in [1.165, 1.54) is 12.1 Å². The first-order chi connectivity index (χ1) is 13.5. The lowest BCUT2D eigenvalue weighted by atomic mass is 10.0. The van der Waals surface area contributed by atoms with E-state index in [1.807, 2.05) is 17.7 Å². The van der Waals surface area contributed by atoms with E-state index in [9.17, 15) is 9.18 Å². The van der Waals surface area contributed by atoms with Crippen LogP contribution in [0.5, 0.6) is 0 Å². The van der Waals surface area contributed by atoms with E-state index in [-0.39, 0.29) is 33.8 Å². The Kier molecular flexibility index (Phi) is 4.93. The Morgan fingerprint density at radius 1 is 1.39 bits per heavy atom. The molecule has 1 aromatic carbocycles. The zero-order valence-electron chi connectivity index (χ0n) is 15.7. The number of hydrogen-bond donors (Lipinski definition) is 0. The Morgan fingerprint density at radius 2 is 2.21 bits per heavy atom. The summed E-state index contributed by atoms with van der Waals surface area (Å²) >= 11 is 6.20. The summed E-state index contributed by atoms with van der Waals surface area (Å²) in [6.45, 7) is 5.00. The van der Waals surface area contributed by atoms with Crippen LogP contribution in [0.2, 0.25) is 5.02 Å². The molecule has 8 heteroatoms. The highest BCUT2D eigenvalue weighted by Gasteiger charge is 2.36. The van der Waals surface area contributed by atoms with Gasteiger partial charge in [-0.1, -0.05) is 22.8 Å². The van der Waals surface area contributed by atoms with Crippen molar-refractivity contribution in [1.82, 2.24) is 19.8 Å². The number of nitrogens with zero attached hydrogens (tertiary/aromatic N) is 4. The highest BCUT2D eigenvalue weighted by Crippen LogP contribution is 2.38. The second kappa shape index (κ2) is 7.39. The van der Waals surface area contributed by atoms with Crippen molar-refractivity contribution >= 4 is 17.5 Å². The van der Waals surface area contributed by atoms with Crippen LogP contribution in [0.4, 0.5) is 4.39 Å². The summed E-state index contributed by atoms with van der Waals surface area (Å²) in [5.41, 5.74) is 1.47. The third kappa shape index (κ3) is 2.99. The number of amides is 1. The molecular weight excluding hydrogens is 383 g/mol. The zero-order chi connectivity index (χ0) is 19.8. The molecule has 0 spiro atoms. The van der Waals surface area contributed by atoms with Crippen molar-refractivity contribution < 1.29 is 13.7 Å². The molecule has 1 atom stereocenters. The molecule has 0 aliphatic carbocycles. The first-order valence-corrected chi connectivity index (χ1v) is 9.64. The summed E-state index contributed by atoms with van der Waals surface area (Å²) in [5, 5.41) is 8.46. The van der Waals surface area contributed by atoms with Crippen LogP contribution >= 0.6 is 11.6 Å². The molecule has 0 bridgehead atoms. The van der Waals surface area contributed by atoms with Gasteiger partial charge in [0.15, 0.2) is 0 Å². The lowest BCUT2D eigenvalue weighted by Gasteiger charge is -2.25. The van der Waals surface area contributed by atoms with Crippen molar-refractivity contribution in [1.29, 1.82) is 0 Å². The molecule has 1 fully saturated rings. The van der Waals surface area contributed by atoms with Gasteiger partial charge in [0, 0.05) is 19.3 Å². The molecule has 0 saturated carbocycles. The third-order valence-electron chi connectivity index (χ3n) is 5.18. The van der Waals surface area contributed by atoms with Gasteiger partial charge in [-0.05, 0) is 44.9 Å². The molecular formula is C20H20ClFN4O2. The van der Waals surface area contributed by atoms with Crippen LogP contribution in [0, 0.1) is 12.7 Å². The largest absolute Gasteiger partial charge is 0.360 e. The summed E-state index contributed by atoms with van der Waals surface area (Å²) in [5.74, 6) is -0.440. The molecule has 3 aromatic rings. The Labute approximate surface area is 166 Å². The van der Waals surface area contributed by atoms with Crippen molar-refractivity contribution in [2.24, 2.45) is 0 Å². The Morgan fingerprint density at radius 3 is 2.96 bits per heavy atom. The van der Waals surface area contributed by atoms with E-state index in [4.69, 9.17) is 16.1 Å². The lowest BCUT2D eigenvalue weighted by molar-refractivity contribution is 0.0728. The number of likely N-dealkylation sites (tertiary alicyclic amines) is 1. The highest BCUT2D eigenvalue weighted by atomic mass is 35.5. The maximum atomic E-state index is 14.5. The van der Waals surface area contributed by atoms with Crippen LogP contribution in [0.3, 0.4) is 0 Å². The van der Waals surface area contributed by atoms with Crippen LogP contribution in [-0.4, -0.2) is 32.3 Å². The van der Waals surface area contributed by atoms with E-state index in [1.54, 1.807) is 24.1 Å². The molecule has 1 saturated heterocycles. The number of benzene rings is 1. The first kappa shape index (κ1) is 18.7. The summed E-state index contributed by atoms with van der Waals surface area (Å²) in [6, 6.07) is 6.22. The van der Waals surface area contributed by atoms with Crippen molar-refractivity contribution in [2.45, 2.75) is 39.3 Å². The van der Waals surface area contributed by atoms with Crippen LogP contribution in [-0.2, 0) is 6.54 Å². The van der Waals surface area contributed by atoms with Gasteiger partial charge in [-0.15, -0.1) is 0 Å². The van der Waals surface area contributed by atoms with Gasteiger partial charge >= 0.3 is 0 Å². The zero-order valence-corrected chi connectivity index (χ0v) is 16.4. The maximum absolute atomic E-state index is 14.5. The molecule has 4 rings (SSSR count). The van der Waals surface area contributed by atoms with E-state index in [0.717, 1.165) is 25.1 Å². The predicted octanol–water partition coefficient (Wildman–Crippen LogP) is 4.64. The fourth-order valence-corrected chi connectivity index (χ4v) is 4.12. The number of aromatic nitrogens is 3. The molecule has 1 aliphatic heterocycles. The topological polar surface area (TPSA) is 64.2 Å². The summed E-state index contributed by atoms with van der Waals surface area (Å²) in [6.07, 6.45) is 3.47. The second-order valence-electron chi connectivity index (χ2n) is 6.79. The number of hydrogen-bond acceptors (Lipinski definition) is 4. The number of rotatable bonds is 4. The first-order valence-electron chi connectivity index (χ1n) is 9.26. The minimum absolute atomic E-state index is 0.0821. The molecule has 146 valence electrons. The predicted molar refractivity (Wildman–Crippen MR) is 103 cm³/mol. The molecule has 0 N–H and O–H groups in total. The van der Waals surface area contributed by atoms with Crippen molar-refractivity contribution in [3.8, 4) is 11.3 Å². The Hall–Kier alpha value is -2.67. The van der Waals surface area contributed by atoms with E-state index in [2.05, 4.69) is 10.3 Å². The maximum Gasteiger partial charge on any atom is 0.260 e. The summed E-state index contributed by atoms with van der Waals surface area (Å²) in [4.78, 5) is 15.3. The minimum atomic E-state index is -0.545. The van der Waals surface area contributed by atoms with Crippen molar-refractivity contribution in [3.63, 3.8) is 0 Å². The van der Waals surface area contributed by atoms with E-state index < -0.39 is 5.82 Å². The molecule has 3 heterocycles. The van der Waals surface area contributed by atoms with E-state index in [0.29, 0.717) is 12.3 Å². The average Bonchev–Trinajstić information content (AvgIpc) is 3.40. The van der Waals surface area contributed by atoms with Crippen molar-refractivity contribution in [3.05, 3.63) is 58.3 Å². The molecule has 6 nitrogen and oxygen atoms in total. The number of carbonyl (C=O) groups is 1. The third-order valence-corrected chi connectivity index (χ3v) is 5.50. The van der Waals surface area contributed by atoms with Gasteiger partial charge in [0.2, 0.25) is 0 Å². The van der Waals surface area contributed by atoms with Crippen LogP contribution in [0.15, 0.2) is 35.0 Å².